The lowest BCUT2D eigenvalue weighted by Gasteiger charge is -2.27. The van der Waals surface area contributed by atoms with Gasteiger partial charge >= 0.3 is 0 Å². The van der Waals surface area contributed by atoms with Gasteiger partial charge in [0.05, 0.1) is 18.4 Å². The average Bonchev–Trinajstić information content (AvgIpc) is 3.15. The second-order valence-electron chi connectivity index (χ2n) is 10.4. The third kappa shape index (κ3) is 6.67. The lowest BCUT2D eigenvalue weighted by molar-refractivity contribution is 0.0231. The SMILES string of the molecule is CC(C)OCCC(C)(C)Oc1ccc(C(=O)Nc2ccc3nc(C(=O)C(C)(C)C)cn3c2)cc1. The van der Waals surface area contributed by atoms with E-state index in [0.29, 0.717) is 34.9 Å². The normalized spacial score (nSPS) is 12.2. The number of fused-ring (bicyclic) bond motifs is 1. The molecule has 3 rings (SSSR count). The molecular weight excluding hydrogens is 430 g/mol. The van der Waals surface area contributed by atoms with E-state index in [0.717, 1.165) is 6.42 Å². The minimum atomic E-state index is -0.512. The molecular formula is C27H35N3O4. The molecule has 2 aromatic heterocycles. The Morgan fingerprint density at radius 2 is 1.68 bits per heavy atom. The third-order valence-corrected chi connectivity index (χ3v) is 5.29. The molecule has 0 saturated heterocycles. The maximum Gasteiger partial charge on any atom is 0.255 e. The summed E-state index contributed by atoms with van der Waals surface area (Å²) in [6, 6.07) is 10.6. The number of imidazole rings is 1. The van der Waals surface area contributed by atoms with Crippen molar-refractivity contribution in [2.45, 2.75) is 66.6 Å². The predicted octanol–water partition coefficient (Wildman–Crippen LogP) is 5.79. The van der Waals surface area contributed by atoms with E-state index in [1.54, 1.807) is 53.2 Å². The van der Waals surface area contributed by atoms with E-state index < -0.39 is 5.41 Å². The predicted molar refractivity (Wildman–Crippen MR) is 134 cm³/mol. The first-order chi connectivity index (χ1) is 15.8. The van der Waals surface area contributed by atoms with Crippen LogP contribution in [0.4, 0.5) is 5.69 Å². The number of carbonyl (C=O) groups is 2. The number of ketones is 1. The van der Waals surface area contributed by atoms with Crippen molar-refractivity contribution in [3.8, 4) is 5.75 Å². The van der Waals surface area contributed by atoms with E-state index in [1.807, 2.05) is 48.5 Å². The van der Waals surface area contributed by atoms with Gasteiger partial charge in [-0.15, -0.1) is 0 Å². The number of amides is 1. The number of nitrogens with zero attached hydrogens (tertiary/aromatic N) is 2. The summed E-state index contributed by atoms with van der Waals surface area (Å²) < 4.78 is 13.4. The van der Waals surface area contributed by atoms with Crippen LogP contribution < -0.4 is 10.1 Å². The van der Waals surface area contributed by atoms with Crippen LogP contribution in [0.5, 0.6) is 5.75 Å². The van der Waals surface area contributed by atoms with Gasteiger partial charge in [0, 0.05) is 29.8 Å². The molecule has 0 aliphatic heterocycles. The van der Waals surface area contributed by atoms with Crippen molar-refractivity contribution < 1.29 is 19.1 Å². The molecule has 0 saturated carbocycles. The first kappa shape index (κ1) is 25.4. The van der Waals surface area contributed by atoms with Crippen molar-refractivity contribution in [1.82, 2.24) is 9.38 Å². The summed E-state index contributed by atoms with van der Waals surface area (Å²) in [6.07, 6.45) is 4.39. The molecule has 1 aromatic carbocycles. The Labute approximate surface area is 201 Å². The summed E-state index contributed by atoms with van der Waals surface area (Å²) in [6.45, 7) is 14.3. The van der Waals surface area contributed by atoms with Crippen molar-refractivity contribution in [1.29, 1.82) is 0 Å². The van der Waals surface area contributed by atoms with Gasteiger partial charge < -0.3 is 19.2 Å². The monoisotopic (exact) mass is 465 g/mol. The van der Waals surface area contributed by atoms with Gasteiger partial charge in [0.2, 0.25) is 0 Å². The molecule has 0 spiro atoms. The average molecular weight is 466 g/mol. The fourth-order valence-corrected chi connectivity index (χ4v) is 3.35. The second-order valence-corrected chi connectivity index (χ2v) is 10.4. The molecule has 3 aromatic rings. The molecule has 0 radical (unpaired) electrons. The quantitative estimate of drug-likeness (QED) is 0.405. The Morgan fingerprint density at radius 1 is 1.00 bits per heavy atom. The van der Waals surface area contributed by atoms with E-state index in [1.165, 1.54) is 0 Å². The first-order valence-electron chi connectivity index (χ1n) is 11.6. The van der Waals surface area contributed by atoms with Crippen molar-refractivity contribution in [2.24, 2.45) is 5.41 Å². The molecule has 182 valence electrons. The number of anilines is 1. The van der Waals surface area contributed by atoms with Gasteiger partial charge in [-0.25, -0.2) is 4.98 Å². The van der Waals surface area contributed by atoms with E-state index in [-0.39, 0.29) is 23.4 Å². The standard InChI is InChI=1S/C27H35N3O4/c1-18(2)33-15-14-27(6,7)34-21-11-8-19(9-12-21)25(32)28-20-10-13-23-29-22(17-30(23)16-20)24(31)26(3,4)5/h8-13,16-18H,14-15H2,1-7H3,(H,28,32). The van der Waals surface area contributed by atoms with Gasteiger partial charge in [-0.2, -0.15) is 0 Å². The van der Waals surface area contributed by atoms with E-state index >= 15 is 0 Å². The summed E-state index contributed by atoms with van der Waals surface area (Å²) in [7, 11) is 0. The van der Waals surface area contributed by atoms with Gasteiger partial charge in [0.1, 0.15) is 22.7 Å². The molecule has 2 heterocycles. The number of nitrogens with one attached hydrogen (secondary N) is 1. The van der Waals surface area contributed by atoms with Crippen LogP contribution in [0.2, 0.25) is 0 Å². The molecule has 1 N–H and O–H groups in total. The lowest BCUT2D eigenvalue weighted by Crippen LogP contribution is -2.30. The van der Waals surface area contributed by atoms with Crippen LogP contribution in [0.3, 0.4) is 0 Å². The zero-order valence-electron chi connectivity index (χ0n) is 21.1. The zero-order chi connectivity index (χ0) is 25.1. The molecule has 0 unspecified atom stereocenters. The maximum absolute atomic E-state index is 12.7. The highest BCUT2D eigenvalue weighted by Gasteiger charge is 2.25. The molecule has 0 atom stereocenters. The Bertz CT molecular complexity index is 1150. The first-order valence-corrected chi connectivity index (χ1v) is 11.6. The highest BCUT2D eigenvalue weighted by molar-refractivity contribution is 6.04. The van der Waals surface area contributed by atoms with Gasteiger partial charge in [0.15, 0.2) is 5.78 Å². The number of Topliss-reactive ketones (excluding diaryl/α,β-unsaturated/α-hetero) is 1. The largest absolute Gasteiger partial charge is 0.488 e. The molecule has 1 amide bonds. The minimum absolute atomic E-state index is 0.0280. The fourth-order valence-electron chi connectivity index (χ4n) is 3.35. The highest BCUT2D eigenvalue weighted by Crippen LogP contribution is 2.23. The summed E-state index contributed by atoms with van der Waals surface area (Å²) >= 11 is 0. The molecule has 0 aliphatic rings. The van der Waals surface area contributed by atoms with Gasteiger partial charge in [-0.05, 0) is 64.1 Å². The highest BCUT2D eigenvalue weighted by atomic mass is 16.5. The van der Waals surface area contributed by atoms with Crippen LogP contribution in [-0.4, -0.2) is 39.4 Å². The smallest absolute Gasteiger partial charge is 0.255 e. The Morgan fingerprint density at radius 3 is 2.29 bits per heavy atom. The molecule has 34 heavy (non-hydrogen) atoms. The summed E-state index contributed by atoms with van der Waals surface area (Å²) in [4.78, 5) is 29.7. The molecule has 0 aliphatic carbocycles. The number of hydrogen-bond donors (Lipinski definition) is 1. The number of pyridine rings is 1. The maximum atomic E-state index is 12.7. The zero-order valence-corrected chi connectivity index (χ0v) is 21.1. The van der Waals surface area contributed by atoms with Crippen LogP contribution in [0.15, 0.2) is 48.8 Å². The number of aromatic nitrogens is 2. The van der Waals surface area contributed by atoms with Crippen LogP contribution in [0, 0.1) is 5.41 Å². The van der Waals surface area contributed by atoms with Crippen LogP contribution in [0.25, 0.3) is 5.65 Å². The molecule has 0 bridgehead atoms. The minimum Gasteiger partial charge on any atom is -0.488 e. The lowest BCUT2D eigenvalue weighted by atomic mass is 9.89. The Balaban J connectivity index is 1.64. The van der Waals surface area contributed by atoms with E-state index in [2.05, 4.69) is 10.3 Å². The number of ether oxygens (including phenoxy) is 2. The number of carbonyl (C=O) groups excluding carboxylic acids is 2. The third-order valence-electron chi connectivity index (χ3n) is 5.29. The van der Waals surface area contributed by atoms with Gasteiger partial charge in [-0.3, -0.25) is 9.59 Å². The van der Waals surface area contributed by atoms with Crippen molar-refractivity contribution in [3.05, 3.63) is 60.0 Å². The van der Waals surface area contributed by atoms with Crippen LogP contribution in [0.1, 0.15) is 75.7 Å². The van der Waals surface area contributed by atoms with E-state index in [9.17, 15) is 9.59 Å². The van der Waals surface area contributed by atoms with Crippen molar-refractivity contribution in [3.63, 3.8) is 0 Å². The number of hydrogen-bond acceptors (Lipinski definition) is 5. The molecule has 0 fully saturated rings. The van der Waals surface area contributed by atoms with Crippen LogP contribution >= 0.6 is 0 Å². The van der Waals surface area contributed by atoms with Gasteiger partial charge in [0.25, 0.3) is 5.91 Å². The van der Waals surface area contributed by atoms with Crippen molar-refractivity contribution >= 4 is 23.0 Å². The number of rotatable bonds is 9. The fraction of sp³-hybridized carbons (Fsp3) is 0.444. The second kappa shape index (κ2) is 9.97. The van der Waals surface area contributed by atoms with Crippen molar-refractivity contribution in [2.75, 3.05) is 11.9 Å². The van der Waals surface area contributed by atoms with Gasteiger partial charge in [-0.1, -0.05) is 20.8 Å². The summed E-state index contributed by atoms with van der Waals surface area (Å²) in [5, 5.41) is 2.90. The molecule has 7 nitrogen and oxygen atoms in total. The molecule has 7 heteroatoms. The summed E-state index contributed by atoms with van der Waals surface area (Å²) in [5.41, 5.74) is 1.28. The Kier molecular flexibility index (Phi) is 7.46. The number of benzene rings is 1. The van der Waals surface area contributed by atoms with E-state index in [4.69, 9.17) is 9.47 Å². The summed E-state index contributed by atoms with van der Waals surface area (Å²) in [5.74, 6) is 0.434. The topological polar surface area (TPSA) is 81.9 Å². The van der Waals surface area contributed by atoms with Crippen LogP contribution in [-0.2, 0) is 4.74 Å². The Hall–Kier alpha value is -3.19.